The molecule has 0 aromatic heterocycles. The average Bonchev–Trinajstić information content (AvgIpc) is 2.88. The lowest BCUT2D eigenvalue weighted by Gasteiger charge is -2.21. The molecule has 1 aromatic rings. The number of hydrogen-bond acceptors (Lipinski definition) is 6. The quantitative estimate of drug-likeness (QED) is 0.614. The van der Waals surface area contributed by atoms with E-state index in [1.807, 2.05) is 12.1 Å². The van der Waals surface area contributed by atoms with Gasteiger partial charge in [0, 0.05) is 25.1 Å². The smallest absolute Gasteiger partial charge is 0.269 e. The maximum Gasteiger partial charge on any atom is 0.269 e. The molecule has 0 saturated carbocycles. The molecular weight excluding hydrogens is 260 g/mol. The van der Waals surface area contributed by atoms with Crippen molar-refractivity contribution in [3.8, 4) is 12.1 Å². The van der Waals surface area contributed by atoms with Gasteiger partial charge in [0.25, 0.3) is 5.69 Å². The van der Waals surface area contributed by atoms with Crippen LogP contribution >= 0.6 is 0 Å². The average molecular weight is 272 g/mol. The van der Waals surface area contributed by atoms with E-state index in [0.717, 1.165) is 5.56 Å². The minimum Gasteiger partial charge on any atom is -0.280 e. The summed E-state index contributed by atoms with van der Waals surface area (Å²) in [6.45, 7) is 0.399. The number of nitro groups is 1. The zero-order valence-corrected chi connectivity index (χ0v) is 10.6. The van der Waals surface area contributed by atoms with Gasteiger partial charge in [-0.15, -0.1) is 0 Å². The third kappa shape index (κ3) is 2.91. The van der Waals surface area contributed by atoms with Gasteiger partial charge in [-0.25, -0.2) is 0 Å². The Bertz CT molecular complexity index is 573. The first kappa shape index (κ1) is 13.9. The van der Waals surface area contributed by atoms with Gasteiger partial charge in [-0.05, 0) is 5.56 Å². The van der Waals surface area contributed by atoms with Gasteiger partial charge in [-0.3, -0.25) is 15.0 Å². The van der Waals surface area contributed by atoms with Gasteiger partial charge in [0.1, 0.15) is 0 Å². The molecule has 0 N–H and O–H groups in total. The van der Waals surface area contributed by atoms with Crippen molar-refractivity contribution in [2.75, 3.05) is 6.54 Å². The molecule has 1 heterocycles. The number of rotatable bonds is 4. The van der Waals surface area contributed by atoms with Crippen molar-refractivity contribution in [2.45, 2.75) is 25.0 Å². The fourth-order valence-corrected chi connectivity index (χ4v) is 2.17. The molecule has 0 spiro atoms. The maximum absolute atomic E-state index is 10.6. The van der Waals surface area contributed by atoms with Crippen LogP contribution in [0.3, 0.4) is 0 Å². The highest BCUT2D eigenvalue weighted by Crippen LogP contribution is 2.34. The third-order valence-corrected chi connectivity index (χ3v) is 3.12. The molecule has 20 heavy (non-hydrogen) atoms. The van der Waals surface area contributed by atoms with Crippen LogP contribution in [-0.4, -0.2) is 22.6 Å². The van der Waals surface area contributed by atoms with E-state index in [9.17, 15) is 10.1 Å². The maximum atomic E-state index is 10.6. The fraction of sp³-hybridized carbons (Fsp3) is 0.385. The zero-order chi connectivity index (χ0) is 14.5. The highest BCUT2D eigenvalue weighted by Gasteiger charge is 2.34. The summed E-state index contributed by atoms with van der Waals surface area (Å²) in [4.78, 5) is 15.6. The lowest BCUT2D eigenvalue weighted by Crippen LogP contribution is -2.23. The van der Waals surface area contributed by atoms with Crippen LogP contribution < -0.4 is 0 Å². The molecule has 1 aromatic carbocycles. The Morgan fingerprint density at radius 3 is 2.65 bits per heavy atom. The van der Waals surface area contributed by atoms with Gasteiger partial charge in [0.05, 0.1) is 29.5 Å². The Labute approximate surface area is 115 Å². The van der Waals surface area contributed by atoms with Crippen molar-refractivity contribution in [2.24, 2.45) is 0 Å². The number of nitriles is 2. The predicted octanol–water partition coefficient (Wildman–Crippen LogP) is 2.08. The molecule has 7 heteroatoms. The number of non-ortho nitro benzene ring substituents is 1. The molecule has 0 amide bonds. The third-order valence-electron chi connectivity index (χ3n) is 3.12. The second-order valence-corrected chi connectivity index (χ2v) is 4.37. The Morgan fingerprint density at radius 1 is 1.40 bits per heavy atom. The summed E-state index contributed by atoms with van der Waals surface area (Å²) in [5.74, 6) is 0. The first-order valence-electron chi connectivity index (χ1n) is 6.10. The summed E-state index contributed by atoms with van der Waals surface area (Å²) < 4.78 is 0. The molecular formula is C13H12N4O3. The van der Waals surface area contributed by atoms with Crippen molar-refractivity contribution in [1.82, 2.24) is 5.06 Å². The van der Waals surface area contributed by atoms with E-state index < -0.39 is 11.0 Å². The molecule has 1 fully saturated rings. The van der Waals surface area contributed by atoms with Crippen LogP contribution in [0.25, 0.3) is 0 Å². The van der Waals surface area contributed by atoms with E-state index in [-0.39, 0.29) is 11.7 Å². The van der Waals surface area contributed by atoms with Gasteiger partial charge in [0.15, 0.2) is 6.10 Å². The van der Waals surface area contributed by atoms with E-state index >= 15 is 0 Å². The Morgan fingerprint density at radius 2 is 2.10 bits per heavy atom. The fourth-order valence-electron chi connectivity index (χ4n) is 2.17. The predicted molar refractivity (Wildman–Crippen MR) is 67.9 cm³/mol. The van der Waals surface area contributed by atoms with Crippen molar-refractivity contribution in [3.63, 3.8) is 0 Å². The highest BCUT2D eigenvalue weighted by atomic mass is 16.7. The molecule has 1 aliphatic heterocycles. The molecule has 102 valence electrons. The molecule has 0 radical (unpaired) electrons. The number of hydroxylamine groups is 2. The molecule has 2 unspecified atom stereocenters. The van der Waals surface area contributed by atoms with Gasteiger partial charge in [0.2, 0.25) is 0 Å². The SMILES string of the molecule is N#CCCN1OC(C#N)CC1c1ccc([N+](=O)[O-])cc1. The second kappa shape index (κ2) is 6.11. The standard InChI is InChI=1S/C13H12N4O3/c14-6-1-7-16-13(8-12(9-15)20-16)10-2-4-11(5-3-10)17(18)19/h2-5,12-13H,1,7-8H2. The first-order chi connectivity index (χ1) is 9.65. The van der Waals surface area contributed by atoms with Gasteiger partial charge >= 0.3 is 0 Å². The Balaban J connectivity index is 2.18. The van der Waals surface area contributed by atoms with Gasteiger partial charge in [-0.2, -0.15) is 15.6 Å². The minimum absolute atomic E-state index is 0.0214. The van der Waals surface area contributed by atoms with Crippen LogP contribution in [0.2, 0.25) is 0 Å². The number of benzene rings is 1. The summed E-state index contributed by atoms with van der Waals surface area (Å²) >= 11 is 0. The van der Waals surface area contributed by atoms with Crippen molar-refractivity contribution in [1.29, 1.82) is 10.5 Å². The van der Waals surface area contributed by atoms with E-state index in [2.05, 4.69) is 0 Å². The normalized spacial score (nSPS) is 22.1. The van der Waals surface area contributed by atoms with E-state index in [0.29, 0.717) is 19.4 Å². The summed E-state index contributed by atoms with van der Waals surface area (Å²) in [5.41, 5.74) is 0.861. The molecule has 7 nitrogen and oxygen atoms in total. The summed E-state index contributed by atoms with van der Waals surface area (Å²) in [6, 6.07) is 10.1. The summed E-state index contributed by atoms with van der Waals surface area (Å²) in [7, 11) is 0. The van der Waals surface area contributed by atoms with E-state index in [1.54, 1.807) is 17.2 Å². The monoisotopic (exact) mass is 272 g/mol. The lowest BCUT2D eigenvalue weighted by atomic mass is 10.0. The van der Waals surface area contributed by atoms with Gasteiger partial charge < -0.3 is 0 Å². The number of nitro benzene ring substituents is 1. The van der Waals surface area contributed by atoms with Crippen LogP contribution in [0.4, 0.5) is 5.69 Å². The number of nitrogens with zero attached hydrogens (tertiary/aromatic N) is 4. The molecule has 0 aliphatic carbocycles. The lowest BCUT2D eigenvalue weighted by molar-refractivity contribution is -0.384. The zero-order valence-electron chi connectivity index (χ0n) is 10.6. The summed E-state index contributed by atoms with van der Waals surface area (Å²) in [6.07, 6.45) is 0.232. The van der Waals surface area contributed by atoms with Crippen LogP contribution in [0.5, 0.6) is 0 Å². The highest BCUT2D eigenvalue weighted by molar-refractivity contribution is 5.34. The molecule has 2 atom stereocenters. The largest absolute Gasteiger partial charge is 0.280 e. The van der Waals surface area contributed by atoms with E-state index in [4.69, 9.17) is 15.4 Å². The second-order valence-electron chi connectivity index (χ2n) is 4.37. The minimum atomic E-state index is -0.547. The Hall–Kier alpha value is -2.48. The van der Waals surface area contributed by atoms with Crippen LogP contribution in [-0.2, 0) is 4.84 Å². The van der Waals surface area contributed by atoms with Gasteiger partial charge in [-0.1, -0.05) is 12.1 Å². The van der Waals surface area contributed by atoms with Crippen LogP contribution in [0.15, 0.2) is 24.3 Å². The molecule has 2 rings (SSSR count). The molecule has 1 saturated heterocycles. The first-order valence-corrected chi connectivity index (χ1v) is 6.10. The van der Waals surface area contributed by atoms with Crippen molar-refractivity contribution >= 4 is 5.69 Å². The topological polar surface area (TPSA) is 103 Å². The summed E-state index contributed by atoms with van der Waals surface area (Å²) in [5, 5.41) is 29.8. The van der Waals surface area contributed by atoms with Crippen LogP contribution in [0, 0.1) is 32.8 Å². The number of hydrogen-bond donors (Lipinski definition) is 0. The van der Waals surface area contributed by atoms with Crippen molar-refractivity contribution < 1.29 is 9.76 Å². The van der Waals surface area contributed by atoms with Crippen LogP contribution in [0.1, 0.15) is 24.4 Å². The molecule has 1 aliphatic rings. The van der Waals surface area contributed by atoms with E-state index in [1.165, 1.54) is 12.1 Å². The molecule has 0 bridgehead atoms. The van der Waals surface area contributed by atoms with Crippen molar-refractivity contribution in [3.05, 3.63) is 39.9 Å². The Kier molecular flexibility index (Phi) is 4.26.